The van der Waals surface area contributed by atoms with Crippen LogP contribution in [-0.2, 0) is 0 Å². The van der Waals surface area contributed by atoms with Gasteiger partial charge in [0.25, 0.3) is 0 Å². The lowest BCUT2D eigenvalue weighted by molar-refractivity contribution is 0.466. The van der Waals surface area contributed by atoms with Gasteiger partial charge in [0, 0.05) is 0 Å². The summed E-state index contributed by atoms with van der Waals surface area (Å²) >= 11 is 0. The quantitative estimate of drug-likeness (QED) is 0.0696. The molecule has 0 heterocycles. The molecule has 0 aliphatic carbocycles. The van der Waals surface area contributed by atoms with Crippen molar-refractivity contribution >= 4 is 0 Å². The van der Waals surface area contributed by atoms with Gasteiger partial charge < -0.3 is 51.1 Å². The Hall–Kier alpha value is -9.80. The van der Waals surface area contributed by atoms with Crippen molar-refractivity contribution in [3.05, 3.63) is 295 Å². The van der Waals surface area contributed by atoms with Crippen LogP contribution in [0.5, 0.6) is 57.5 Å². The number of hydrogen-bond donors (Lipinski definition) is 10. The molecule has 0 unspecified atom stereocenters. The van der Waals surface area contributed by atoms with Crippen LogP contribution in [0.15, 0.2) is 206 Å². The number of benzene rings is 10. The van der Waals surface area contributed by atoms with Gasteiger partial charge in [-0.25, -0.2) is 0 Å². The molecular weight excluding hydrogens is 1070 g/mol. The maximum absolute atomic E-state index is 9.33. The fourth-order valence-electron chi connectivity index (χ4n) is 7.36. The van der Waals surface area contributed by atoms with E-state index in [0.717, 1.165) is 66.8 Å². The molecule has 0 spiro atoms. The van der Waals surface area contributed by atoms with Crippen molar-refractivity contribution < 1.29 is 51.1 Å². The highest BCUT2D eigenvalue weighted by Crippen LogP contribution is 2.23. The number of phenolic OH excluding ortho intramolecular Hbond substituents is 10. The first-order valence-corrected chi connectivity index (χ1v) is 28.0. The zero-order valence-corrected chi connectivity index (χ0v) is 53.1. The van der Waals surface area contributed by atoms with Gasteiger partial charge in [0.15, 0.2) is 0 Å². The van der Waals surface area contributed by atoms with Crippen molar-refractivity contribution in [3.8, 4) is 57.5 Å². The Morgan fingerprint density at radius 1 is 0.174 bits per heavy atom. The molecule has 0 saturated carbocycles. The Balaban J connectivity index is 0.000000478. The van der Waals surface area contributed by atoms with E-state index in [1.165, 1.54) is 22.3 Å². The Morgan fingerprint density at radius 3 is 0.930 bits per heavy atom. The zero-order valence-electron chi connectivity index (χ0n) is 53.1. The average Bonchev–Trinajstić information content (AvgIpc) is 3.51. The monoisotopic (exact) mass is 1160 g/mol. The number of para-hydroxylation sites is 3. The summed E-state index contributed by atoms with van der Waals surface area (Å²) in [5, 5.41) is 89.7. The summed E-state index contributed by atoms with van der Waals surface area (Å²) in [6, 6.07) is 61.8. The average molecular weight is 1170 g/mol. The molecule has 10 aromatic rings. The van der Waals surface area contributed by atoms with Crippen molar-refractivity contribution in [1.82, 2.24) is 0 Å². The topological polar surface area (TPSA) is 202 Å². The highest BCUT2D eigenvalue weighted by molar-refractivity contribution is 5.42. The van der Waals surface area contributed by atoms with Crippen LogP contribution in [0.4, 0.5) is 0 Å². The minimum atomic E-state index is 0.322. The van der Waals surface area contributed by atoms with Crippen LogP contribution in [0.2, 0.25) is 0 Å². The molecule has 10 rings (SSSR count). The van der Waals surface area contributed by atoms with E-state index in [9.17, 15) is 10.2 Å². The van der Waals surface area contributed by atoms with Crippen LogP contribution >= 0.6 is 0 Å². The van der Waals surface area contributed by atoms with Gasteiger partial charge in [0.2, 0.25) is 0 Å². The van der Waals surface area contributed by atoms with E-state index < -0.39 is 0 Å². The molecule has 10 heteroatoms. The molecule has 10 nitrogen and oxygen atoms in total. The first kappa shape index (κ1) is 74.2. The first-order valence-electron chi connectivity index (χ1n) is 28.0. The summed E-state index contributed by atoms with van der Waals surface area (Å²) in [5.74, 6) is 3.65. The molecule has 10 N–H and O–H groups in total. The van der Waals surface area contributed by atoms with Crippen LogP contribution < -0.4 is 0 Å². The van der Waals surface area contributed by atoms with Gasteiger partial charge in [-0.3, -0.25) is 0 Å². The predicted molar refractivity (Wildman–Crippen MR) is 357 cm³/mol. The largest absolute Gasteiger partial charge is 0.508 e. The summed E-state index contributed by atoms with van der Waals surface area (Å²) in [6.45, 7) is 31.2. The van der Waals surface area contributed by atoms with Crippen molar-refractivity contribution in [1.29, 1.82) is 0 Å². The van der Waals surface area contributed by atoms with E-state index in [1.807, 2.05) is 226 Å². The van der Waals surface area contributed by atoms with Crippen molar-refractivity contribution in [2.75, 3.05) is 0 Å². The van der Waals surface area contributed by atoms with Gasteiger partial charge in [-0.2, -0.15) is 0 Å². The van der Waals surface area contributed by atoms with Gasteiger partial charge in [-0.15, -0.1) is 0 Å². The normalized spacial score (nSPS) is 9.40. The molecule has 0 fully saturated rings. The van der Waals surface area contributed by atoms with Crippen LogP contribution in [-0.4, -0.2) is 51.1 Å². The SMILES string of the molecule is Cc1cc(C)c(O)c(C)c1.Cc1cc(C)cc(O)c1.Cc1ccc(O)c(C)c1.Cc1ccc(O)cc1.Cc1ccc(O)cc1C.Cc1cccc(C)c1O.Cc1cccc(O)c1.Cc1cccc(O)c1C.Cc1ccccc1O.Oc1ccccc1. The standard InChI is InChI=1S/C9H12O.5C8H10O.3C7H8O.C6H6O/c1-6-4-7(2)9(10)8(3)5-6;1-6-3-7(2)5-8(9)4-6;1-6-3-4-8(9)5-7(6)2;1-6-3-4-8(9)7(2)5-6;1-6-4-3-5-8(9)7(6)2;1-6-4-3-5-7(2)8(6)9;1-6-2-4-7(8)5-3-6;1-6-3-2-4-7(8)5-6;1-6-4-2-3-5-7(6)8;7-6-4-2-1-3-5-6/h4-5,10H,1-3H3;5*3-5,9H,1-2H3;3*2-5,8H,1H3;1-5,7H. The number of phenols is 10. The molecule has 0 aliphatic rings. The lowest BCUT2D eigenvalue weighted by Gasteiger charge is -2.03. The van der Waals surface area contributed by atoms with E-state index >= 15 is 0 Å². The van der Waals surface area contributed by atoms with E-state index in [1.54, 1.807) is 91.0 Å². The summed E-state index contributed by atoms with van der Waals surface area (Å²) < 4.78 is 0. The molecule has 10 aromatic carbocycles. The smallest absolute Gasteiger partial charge is 0.121 e. The first-order chi connectivity index (χ1) is 40.4. The lowest BCUT2D eigenvalue weighted by Crippen LogP contribution is -1.81. The third-order valence-corrected chi connectivity index (χ3v) is 12.6. The molecule has 0 atom stereocenters. The predicted octanol–water partition coefficient (Wildman–Crippen LogP) is 18.9. The number of aryl methyl sites for hydroxylation is 15. The van der Waals surface area contributed by atoms with Crippen LogP contribution in [0.3, 0.4) is 0 Å². The maximum Gasteiger partial charge on any atom is 0.121 e. The summed E-state index contributed by atoms with van der Waals surface area (Å²) in [7, 11) is 0. The van der Waals surface area contributed by atoms with E-state index in [4.69, 9.17) is 40.9 Å². The molecule has 0 aromatic heterocycles. The second-order valence-electron chi connectivity index (χ2n) is 20.9. The van der Waals surface area contributed by atoms with Gasteiger partial charge >= 0.3 is 0 Å². The van der Waals surface area contributed by atoms with Gasteiger partial charge in [0.05, 0.1) is 0 Å². The minimum Gasteiger partial charge on any atom is -0.508 e. The molecule has 0 aliphatic heterocycles. The van der Waals surface area contributed by atoms with Crippen LogP contribution in [0.1, 0.15) is 89.0 Å². The minimum absolute atomic E-state index is 0.322. The fourth-order valence-corrected chi connectivity index (χ4v) is 7.36. The van der Waals surface area contributed by atoms with E-state index in [2.05, 4.69) is 0 Å². The molecular formula is C76H92O10. The number of aromatic hydroxyl groups is 10. The Labute approximate surface area is 512 Å². The molecule has 0 amide bonds. The highest BCUT2D eigenvalue weighted by Gasteiger charge is 2.00. The molecule has 0 saturated heterocycles. The Morgan fingerprint density at radius 2 is 0.547 bits per heavy atom. The molecule has 0 radical (unpaired) electrons. The second-order valence-corrected chi connectivity index (χ2v) is 20.9. The Kier molecular flexibility index (Phi) is 34.2. The second kappa shape index (κ2) is 39.6. The lowest BCUT2D eigenvalue weighted by atomic mass is 10.1. The summed E-state index contributed by atoms with van der Waals surface area (Å²) in [5.41, 5.74) is 17.0. The van der Waals surface area contributed by atoms with Crippen molar-refractivity contribution in [2.45, 2.75) is 111 Å². The summed E-state index contributed by atoms with van der Waals surface area (Å²) in [4.78, 5) is 0. The molecule has 86 heavy (non-hydrogen) atoms. The third-order valence-electron chi connectivity index (χ3n) is 12.6. The number of rotatable bonds is 0. The highest BCUT2D eigenvalue weighted by atomic mass is 16.3. The van der Waals surface area contributed by atoms with Crippen LogP contribution in [0.25, 0.3) is 0 Å². The zero-order chi connectivity index (χ0) is 65.1. The van der Waals surface area contributed by atoms with E-state index in [-0.39, 0.29) is 0 Å². The summed E-state index contributed by atoms with van der Waals surface area (Å²) in [6.07, 6.45) is 0. The van der Waals surface area contributed by atoms with Crippen molar-refractivity contribution in [2.24, 2.45) is 0 Å². The van der Waals surface area contributed by atoms with Gasteiger partial charge in [0.1, 0.15) is 57.5 Å². The molecule has 0 bridgehead atoms. The van der Waals surface area contributed by atoms with Crippen LogP contribution in [0, 0.1) is 111 Å². The number of hydrogen-bond acceptors (Lipinski definition) is 10. The van der Waals surface area contributed by atoms with Crippen molar-refractivity contribution in [3.63, 3.8) is 0 Å². The fraction of sp³-hybridized carbons (Fsp3) is 0.211. The Bertz CT molecular complexity index is 3280. The van der Waals surface area contributed by atoms with Gasteiger partial charge in [-0.05, 0) is 262 Å². The molecule has 456 valence electrons. The maximum atomic E-state index is 9.33. The third kappa shape index (κ3) is 32.2. The van der Waals surface area contributed by atoms with E-state index in [0.29, 0.717) is 57.5 Å². The van der Waals surface area contributed by atoms with Gasteiger partial charge in [-0.1, -0.05) is 144 Å².